The van der Waals surface area contributed by atoms with Crippen LogP contribution in [0.1, 0.15) is 66.6 Å². The van der Waals surface area contributed by atoms with Gasteiger partial charge in [-0.3, -0.25) is 4.98 Å². The molecule has 0 fully saturated rings. The SMILES string of the molecule is [2H]C([2H])([2H])c1ccc2c(n1)oc1c(-c3cc(C([2H])([2H])C(C)(C)c4ccc(C([2H])([2H])C(C)(C)C)cc4)ccn3)cccc12. The van der Waals surface area contributed by atoms with E-state index in [1.54, 1.807) is 36.5 Å². The van der Waals surface area contributed by atoms with Crippen molar-refractivity contribution in [2.75, 3.05) is 0 Å². The van der Waals surface area contributed by atoms with Gasteiger partial charge in [0.25, 0.3) is 0 Å². The fraction of sp³-hybridized carbons (Fsp3) is 0.312. The molecule has 35 heavy (non-hydrogen) atoms. The molecule has 178 valence electrons. The second-order valence-corrected chi connectivity index (χ2v) is 10.5. The molecule has 0 unspecified atom stereocenters. The van der Waals surface area contributed by atoms with Gasteiger partial charge in [0.1, 0.15) is 5.58 Å². The topological polar surface area (TPSA) is 38.9 Å². The first-order valence-electron chi connectivity index (χ1n) is 15.3. The first-order chi connectivity index (χ1) is 19.4. The normalized spacial score (nSPS) is 16.7. The smallest absolute Gasteiger partial charge is 0.227 e. The maximum Gasteiger partial charge on any atom is 0.227 e. The second-order valence-electron chi connectivity index (χ2n) is 10.5. The summed E-state index contributed by atoms with van der Waals surface area (Å²) in [6.45, 7) is 6.91. The third-order valence-electron chi connectivity index (χ3n) is 5.98. The second kappa shape index (κ2) is 8.64. The molecule has 5 aromatic rings. The van der Waals surface area contributed by atoms with Crippen molar-refractivity contribution in [1.82, 2.24) is 9.97 Å². The molecule has 2 aromatic carbocycles. The summed E-state index contributed by atoms with van der Waals surface area (Å²) in [4.78, 5) is 8.78. The highest BCUT2D eigenvalue weighted by molar-refractivity contribution is 6.08. The predicted octanol–water partition coefficient (Wildman–Crippen LogP) is 8.46. The van der Waals surface area contributed by atoms with Crippen molar-refractivity contribution in [2.45, 2.75) is 59.6 Å². The molecular weight excluding hydrogens is 428 g/mol. The minimum absolute atomic E-state index is 0.0475. The van der Waals surface area contributed by atoms with Crippen molar-refractivity contribution in [3.8, 4) is 11.3 Å². The van der Waals surface area contributed by atoms with Crippen molar-refractivity contribution in [2.24, 2.45) is 5.41 Å². The zero-order valence-corrected chi connectivity index (χ0v) is 20.7. The summed E-state index contributed by atoms with van der Waals surface area (Å²) in [6, 6.07) is 19.3. The molecule has 3 heteroatoms. The van der Waals surface area contributed by atoms with E-state index in [0.717, 1.165) is 10.9 Å². The Bertz CT molecular complexity index is 1780. The van der Waals surface area contributed by atoms with Crippen LogP contribution in [-0.4, -0.2) is 9.97 Å². The molecule has 0 radical (unpaired) electrons. The quantitative estimate of drug-likeness (QED) is 0.259. The van der Waals surface area contributed by atoms with Crippen LogP contribution in [0.4, 0.5) is 0 Å². The molecule has 3 heterocycles. The van der Waals surface area contributed by atoms with E-state index in [2.05, 4.69) is 9.97 Å². The van der Waals surface area contributed by atoms with E-state index in [1.807, 2.05) is 65.0 Å². The Morgan fingerprint density at radius 1 is 0.857 bits per heavy atom. The molecule has 0 atom stereocenters. The van der Waals surface area contributed by atoms with Gasteiger partial charge in [0.05, 0.1) is 5.69 Å². The largest absolute Gasteiger partial charge is 0.437 e. The maximum atomic E-state index is 9.25. The highest BCUT2D eigenvalue weighted by Gasteiger charge is 2.22. The zero-order valence-electron chi connectivity index (χ0n) is 27.7. The van der Waals surface area contributed by atoms with Gasteiger partial charge in [0, 0.05) is 37.8 Å². The molecule has 3 nitrogen and oxygen atoms in total. The Hall–Kier alpha value is -3.46. The summed E-state index contributed by atoms with van der Waals surface area (Å²) >= 11 is 0. The number of rotatable bonds is 5. The molecule has 0 saturated heterocycles. The lowest BCUT2D eigenvalue weighted by Crippen LogP contribution is -2.20. The lowest BCUT2D eigenvalue weighted by molar-refractivity contribution is 0.411. The number of nitrogens with zero attached hydrogens (tertiary/aromatic N) is 2. The molecule has 5 rings (SSSR count). The Morgan fingerprint density at radius 3 is 2.40 bits per heavy atom. The Kier molecular flexibility index (Phi) is 4.01. The van der Waals surface area contributed by atoms with E-state index in [9.17, 15) is 2.74 Å². The average molecular weight is 470 g/mol. The van der Waals surface area contributed by atoms with Crippen molar-refractivity contribution in [3.63, 3.8) is 0 Å². The molecule has 0 spiro atoms. The van der Waals surface area contributed by atoms with Gasteiger partial charge in [-0.1, -0.05) is 71.0 Å². The van der Waals surface area contributed by atoms with Gasteiger partial charge >= 0.3 is 0 Å². The van der Waals surface area contributed by atoms with Crippen LogP contribution in [0.3, 0.4) is 0 Å². The molecular formula is C32H34N2O. The van der Waals surface area contributed by atoms with Crippen LogP contribution >= 0.6 is 0 Å². The van der Waals surface area contributed by atoms with E-state index in [1.165, 1.54) is 6.07 Å². The monoisotopic (exact) mass is 469 g/mol. The van der Waals surface area contributed by atoms with E-state index < -0.39 is 30.4 Å². The molecule has 0 amide bonds. The summed E-state index contributed by atoms with van der Waals surface area (Å²) in [7, 11) is 0. The molecule has 0 aliphatic heterocycles. The summed E-state index contributed by atoms with van der Waals surface area (Å²) in [6.07, 6.45) is -1.80. The van der Waals surface area contributed by atoms with Crippen LogP contribution < -0.4 is 0 Å². The highest BCUT2D eigenvalue weighted by Crippen LogP contribution is 2.35. The molecule has 0 aliphatic carbocycles. The first kappa shape index (κ1) is 16.3. The zero-order chi connectivity index (χ0) is 30.9. The molecule has 0 N–H and O–H groups in total. The van der Waals surface area contributed by atoms with Crippen LogP contribution in [0.25, 0.3) is 33.3 Å². The number of benzene rings is 2. The minimum atomic E-state index is -2.36. The van der Waals surface area contributed by atoms with Gasteiger partial charge in [-0.2, -0.15) is 0 Å². The standard InChI is InChI=1S/C32H34N2O/c1-21-10-15-26-25-8-7-9-27(29(25)35-30(26)34-21)28-18-23(16-17-33-28)20-32(5,6)24-13-11-22(12-14-24)19-31(2,3)4/h7-18H,19-20H2,1-6H3/i1D3,19D2,20D2. The maximum absolute atomic E-state index is 9.25. The van der Waals surface area contributed by atoms with Crippen LogP contribution in [0.2, 0.25) is 0 Å². The van der Waals surface area contributed by atoms with Crippen molar-refractivity contribution >= 4 is 22.1 Å². The Labute approximate surface area is 218 Å². The number of pyridine rings is 2. The highest BCUT2D eigenvalue weighted by atomic mass is 16.3. The van der Waals surface area contributed by atoms with Gasteiger partial charge in [0.2, 0.25) is 5.71 Å². The van der Waals surface area contributed by atoms with E-state index in [-0.39, 0.29) is 11.4 Å². The third kappa shape index (κ3) is 4.86. The van der Waals surface area contributed by atoms with Gasteiger partial charge in [-0.05, 0) is 77.4 Å². The Morgan fingerprint density at radius 2 is 1.66 bits per heavy atom. The number of para-hydroxylation sites is 1. The Balaban J connectivity index is 1.55. The number of fused-ring (bicyclic) bond motifs is 3. The van der Waals surface area contributed by atoms with Crippen molar-refractivity contribution < 1.29 is 14.0 Å². The summed E-state index contributed by atoms with van der Waals surface area (Å²) in [5.41, 5.74) is 2.00. The van der Waals surface area contributed by atoms with Crippen molar-refractivity contribution in [1.29, 1.82) is 0 Å². The first-order valence-corrected chi connectivity index (χ1v) is 11.8. The fourth-order valence-corrected chi connectivity index (χ4v) is 4.37. The fourth-order valence-electron chi connectivity index (χ4n) is 4.37. The number of aromatic nitrogens is 2. The van der Waals surface area contributed by atoms with Crippen LogP contribution in [0, 0.1) is 12.3 Å². The van der Waals surface area contributed by atoms with Gasteiger partial charge in [-0.15, -0.1) is 0 Å². The third-order valence-corrected chi connectivity index (χ3v) is 5.98. The van der Waals surface area contributed by atoms with Crippen LogP contribution in [-0.2, 0) is 18.2 Å². The molecule has 0 bridgehead atoms. The summed E-state index contributed by atoms with van der Waals surface area (Å²) in [5, 5.41) is 1.45. The average Bonchev–Trinajstić information content (AvgIpc) is 3.30. The minimum Gasteiger partial charge on any atom is -0.437 e. The van der Waals surface area contributed by atoms with E-state index >= 15 is 0 Å². The summed E-state index contributed by atoms with van der Waals surface area (Å²) < 4.78 is 64.8. The predicted molar refractivity (Wildman–Crippen MR) is 146 cm³/mol. The number of aryl methyl sites for hydroxylation is 1. The van der Waals surface area contributed by atoms with Crippen LogP contribution in [0.5, 0.6) is 0 Å². The lowest BCUT2D eigenvalue weighted by Gasteiger charge is -2.26. The van der Waals surface area contributed by atoms with Gasteiger partial charge in [0.15, 0.2) is 0 Å². The van der Waals surface area contributed by atoms with E-state index in [0.29, 0.717) is 33.4 Å². The van der Waals surface area contributed by atoms with Crippen LogP contribution in [0.15, 0.2) is 77.3 Å². The summed E-state index contributed by atoms with van der Waals surface area (Å²) in [5.74, 6) is 0. The molecule has 0 aliphatic rings. The number of hydrogen-bond acceptors (Lipinski definition) is 3. The van der Waals surface area contributed by atoms with Crippen molar-refractivity contribution in [3.05, 3.63) is 95.3 Å². The number of hydrogen-bond donors (Lipinski definition) is 0. The number of furan rings is 1. The van der Waals surface area contributed by atoms with Gasteiger partial charge < -0.3 is 4.42 Å². The van der Waals surface area contributed by atoms with Gasteiger partial charge in [-0.25, -0.2) is 4.98 Å². The molecule has 3 aromatic heterocycles. The lowest BCUT2D eigenvalue weighted by atomic mass is 9.78. The van der Waals surface area contributed by atoms with E-state index in [4.69, 9.17) is 11.3 Å². The molecule has 0 saturated carbocycles.